The highest BCUT2D eigenvalue weighted by Crippen LogP contribution is 2.58. The van der Waals surface area contributed by atoms with Crippen molar-refractivity contribution >= 4 is 0 Å². The predicted molar refractivity (Wildman–Crippen MR) is 78.6 cm³/mol. The van der Waals surface area contributed by atoms with Crippen LogP contribution in [0.15, 0.2) is 6.20 Å². The van der Waals surface area contributed by atoms with Gasteiger partial charge in [0, 0.05) is 19.2 Å². The lowest BCUT2D eigenvalue weighted by Crippen LogP contribution is -2.46. The summed E-state index contributed by atoms with van der Waals surface area (Å²) >= 11 is 0. The second-order valence-electron chi connectivity index (χ2n) is 7.75. The Hall–Kier alpha value is -0.830. The molecule has 0 aromatic carbocycles. The molecule has 0 unspecified atom stereocenters. The van der Waals surface area contributed by atoms with Crippen LogP contribution >= 0.6 is 0 Å². The summed E-state index contributed by atoms with van der Waals surface area (Å²) in [5.74, 6) is 4.00. The lowest BCUT2D eigenvalue weighted by Gasteiger charge is -2.54. The molecule has 3 nitrogen and oxygen atoms in total. The molecule has 0 amide bonds. The third-order valence-electron chi connectivity index (χ3n) is 6.49. The number of rotatable bonds is 1. The van der Waals surface area contributed by atoms with E-state index in [1.54, 1.807) is 6.42 Å². The summed E-state index contributed by atoms with van der Waals surface area (Å²) in [6.45, 7) is 2.23. The average Bonchev–Trinajstić information content (AvgIpc) is 2.68. The maximum atomic E-state index is 5.03. The highest BCUT2D eigenvalue weighted by atomic mass is 15.3. The first-order valence-electron chi connectivity index (χ1n) is 8.64. The molecule has 4 bridgehead atoms. The Balaban J connectivity index is 1.48. The third-order valence-corrected chi connectivity index (χ3v) is 6.49. The number of fused-ring (bicyclic) bond motifs is 1. The Morgan fingerprint density at radius 3 is 2.40 bits per heavy atom. The van der Waals surface area contributed by atoms with E-state index in [4.69, 9.17) is 5.10 Å². The number of hydrogen-bond acceptors (Lipinski definition) is 2. The first-order valence-corrected chi connectivity index (χ1v) is 8.64. The summed E-state index contributed by atoms with van der Waals surface area (Å²) in [6.07, 6.45) is 12.2. The SMILES string of the molecule is c1c2c(nn1C1C3CC4CC(C3)CC1C4)CCNCC2. The van der Waals surface area contributed by atoms with Crippen LogP contribution in [-0.2, 0) is 12.8 Å². The Bertz CT molecular complexity index is 467. The van der Waals surface area contributed by atoms with Crippen LogP contribution in [0.3, 0.4) is 0 Å². The molecule has 1 N–H and O–H groups in total. The largest absolute Gasteiger partial charge is 0.316 e. The van der Waals surface area contributed by atoms with Crippen molar-refractivity contribution in [1.29, 1.82) is 0 Å². The van der Waals surface area contributed by atoms with Crippen molar-refractivity contribution in [3.63, 3.8) is 0 Å². The maximum Gasteiger partial charge on any atom is 0.0669 e. The third kappa shape index (κ3) is 1.71. The second kappa shape index (κ2) is 4.33. The average molecular weight is 271 g/mol. The molecule has 1 aromatic heterocycles. The van der Waals surface area contributed by atoms with Gasteiger partial charge in [-0.3, -0.25) is 4.68 Å². The molecular weight excluding hydrogens is 246 g/mol. The van der Waals surface area contributed by atoms with E-state index in [9.17, 15) is 0 Å². The first-order chi connectivity index (χ1) is 9.87. The molecule has 5 aliphatic rings. The van der Waals surface area contributed by atoms with Gasteiger partial charge < -0.3 is 5.32 Å². The summed E-state index contributed by atoms with van der Waals surface area (Å²) < 4.78 is 2.42. The highest BCUT2D eigenvalue weighted by Gasteiger charge is 2.49. The van der Waals surface area contributed by atoms with E-state index >= 15 is 0 Å². The van der Waals surface area contributed by atoms with Gasteiger partial charge in [0.25, 0.3) is 0 Å². The van der Waals surface area contributed by atoms with Crippen LogP contribution < -0.4 is 5.32 Å². The van der Waals surface area contributed by atoms with E-state index < -0.39 is 0 Å². The minimum atomic E-state index is 0.739. The normalized spacial score (nSPS) is 42.5. The van der Waals surface area contributed by atoms with Gasteiger partial charge in [-0.1, -0.05) is 0 Å². The molecule has 0 saturated heterocycles. The molecule has 0 radical (unpaired) electrons. The van der Waals surface area contributed by atoms with Crippen molar-refractivity contribution in [2.45, 2.75) is 51.0 Å². The molecule has 0 spiro atoms. The molecular formula is C17H25N3. The van der Waals surface area contributed by atoms with Crippen molar-refractivity contribution in [2.75, 3.05) is 13.1 Å². The summed E-state index contributed by atoms with van der Waals surface area (Å²) in [7, 11) is 0. The topological polar surface area (TPSA) is 29.9 Å². The van der Waals surface area contributed by atoms with E-state index in [0.29, 0.717) is 0 Å². The lowest BCUT2D eigenvalue weighted by molar-refractivity contribution is -0.0337. The van der Waals surface area contributed by atoms with E-state index in [1.165, 1.54) is 43.4 Å². The second-order valence-corrected chi connectivity index (χ2v) is 7.75. The van der Waals surface area contributed by atoms with Gasteiger partial charge >= 0.3 is 0 Å². The molecule has 4 saturated carbocycles. The fourth-order valence-corrected chi connectivity index (χ4v) is 5.92. The van der Waals surface area contributed by atoms with Crippen molar-refractivity contribution < 1.29 is 0 Å². The maximum absolute atomic E-state index is 5.03. The van der Waals surface area contributed by atoms with Gasteiger partial charge in [0.1, 0.15) is 0 Å². The molecule has 108 valence electrons. The van der Waals surface area contributed by atoms with Crippen LogP contribution in [0.25, 0.3) is 0 Å². The molecule has 20 heavy (non-hydrogen) atoms. The lowest BCUT2D eigenvalue weighted by atomic mass is 9.54. The minimum absolute atomic E-state index is 0.739. The van der Waals surface area contributed by atoms with Gasteiger partial charge in [-0.05, 0) is 74.3 Å². The van der Waals surface area contributed by atoms with Crippen LogP contribution in [0.1, 0.15) is 49.4 Å². The Morgan fingerprint density at radius 2 is 1.65 bits per heavy atom. The molecule has 2 heterocycles. The van der Waals surface area contributed by atoms with Gasteiger partial charge in [-0.15, -0.1) is 0 Å². The van der Waals surface area contributed by atoms with Crippen LogP contribution in [0.4, 0.5) is 0 Å². The van der Waals surface area contributed by atoms with Crippen molar-refractivity contribution in [3.8, 4) is 0 Å². The van der Waals surface area contributed by atoms with E-state index in [2.05, 4.69) is 16.2 Å². The molecule has 4 fully saturated rings. The summed E-state index contributed by atoms with van der Waals surface area (Å²) in [6, 6.07) is 0.739. The predicted octanol–water partition coefficient (Wildman–Crippen LogP) is 2.57. The van der Waals surface area contributed by atoms with Gasteiger partial charge in [-0.2, -0.15) is 5.10 Å². The molecule has 4 aliphatic carbocycles. The fourth-order valence-electron chi connectivity index (χ4n) is 5.92. The van der Waals surface area contributed by atoms with Gasteiger partial charge in [-0.25, -0.2) is 0 Å². The van der Waals surface area contributed by atoms with Crippen LogP contribution in [0.5, 0.6) is 0 Å². The highest BCUT2D eigenvalue weighted by molar-refractivity contribution is 5.20. The number of nitrogens with one attached hydrogen (secondary N) is 1. The van der Waals surface area contributed by atoms with Gasteiger partial charge in [0.2, 0.25) is 0 Å². The van der Waals surface area contributed by atoms with Crippen molar-refractivity contribution in [3.05, 3.63) is 17.5 Å². The molecule has 1 aliphatic heterocycles. The fraction of sp³-hybridized carbons (Fsp3) is 0.824. The van der Waals surface area contributed by atoms with Crippen molar-refractivity contribution in [1.82, 2.24) is 15.1 Å². The summed E-state index contributed by atoms with van der Waals surface area (Å²) in [5, 5.41) is 8.52. The number of hydrogen-bond donors (Lipinski definition) is 1. The Kier molecular flexibility index (Phi) is 2.55. The zero-order chi connectivity index (χ0) is 13.1. The van der Waals surface area contributed by atoms with Crippen LogP contribution in [0, 0.1) is 23.7 Å². The Labute approximate surface area is 121 Å². The monoisotopic (exact) mass is 271 g/mol. The molecule has 1 aromatic rings. The smallest absolute Gasteiger partial charge is 0.0669 e. The molecule has 0 atom stereocenters. The van der Waals surface area contributed by atoms with Gasteiger partial charge in [0.05, 0.1) is 11.7 Å². The Morgan fingerprint density at radius 1 is 0.950 bits per heavy atom. The standard InChI is InChI=1S/C17H25N3/c1-3-18-4-2-16-13(1)10-20(19-16)17-14-6-11-5-12(8-14)9-15(17)7-11/h10-12,14-15,17-18H,1-9H2. The number of aromatic nitrogens is 2. The van der Waals surface area contributed by atoms with Crippen LogP contribution in [0.2, 0.25) is 0 Å². The summed E-state index contributed by atoms with van der Waals surface area (Å²) in [4.78, 5) is 0. The first kappa shape index (κ1) is 11.8. The van der Waals surface area contributed by atoms with Gasteiger partial charge in [0.15, 0.2) is 0 Å². The number of nitrogens with zero attached hydrogens (tertiary/aromatic N) is 2. The molecule has 6 rings (SSSR count). The summed E-state index contributed by atoms with van der Waals surface area (Å²) in [5.41, 5.74) is 2.90. The van der Waals surface area contributed by atoms with Crippen LogP contribution in [-0.4, -0.2) is 22.9 Å². The quantitative estimate of drug-likeness (QED) is 0.851. The zero-order valence-corrected chi connectivity index (χ0v) is 12.2. The van der Waals surface area contributed by atoms with E-state index in [0.717, 1.165) is 49.2 Å². The minimum Gasteiger partial charge on any atom is -0.316 e. The van der Waals surface area contributed by atoms with Crippen molar-refractivity contribution in [2.24, 2.45) is 23.7 Å². The zero-order valence-electron chi connectivity index (χ0n) is 12.2. The molecule has 3 heteroatoms. The van der Waals surface area contributed by atoms with E-state index in [-0.39, 0.29) is 0 Å². The van der Waals surface area contributed by atoms with E-state index in [1.807, 2.05) is 0 Å².